The number of amides is 1. The van der Waals surface area contributed by atoms with E-state index in [4.69, 9.17) is 5.73 Å². The van der Waals surface area contributed by atoms with E-state index >= 15 is 0 Å². The SMILES string of the molecule is CN(C)c1ccnc(-n2ncc(-c3cnc(C(N)=O)n3C)c2C(F)(F)F)n1. The maximum Gasteiger partial charge on any atom is 0.434 e. The predicted octanol–water partition coefficient (Wildman–Crippen LogP) is 1.25. The number of nitrogens with zero attached hydrogens (tertiary/aromatic N) is 7. The molecule has 3 heterocycles. The molecule has 27 heavy (non-hydrogen) atoms. The number of nitrogens with two attached hydrogens (primary N) is 1. The lowest BCUT2D eigenvalue weighted by atomic mass is 10.2. The maximum atomic E-state index is 13.8. The molecule has 2 N–H and O–H groups in total. The molecule has 3 aromatic heterocycles. The molecule has 0 radical (unpaired) electrons. The van der Waals surface area contributed by atoms with Gasteiger partial charge in [-0.2, -0.15) is 27.9 Å². The van der Waals surface area contributed by atoms with Crippen molar-refractivity contribution in [3.8, 4) is 17.2 Å². The summed E-state index contributed by atoms with van der Waals surface area (Å²) in [7, 11) is 4.79. The second kappa shape index (κ2) is 6.37. The van der Waals surface area contributed by atoms with Crippen LogP contribution in [-0.2, 0) is 13.2 Å². The standard InChI is InChI=1S/C15H15F3N8O/c1-24(2)10-4-5-20-14(23-10)26-11(15(16,17)18)8(6-22-26)9-7-21-13(12(19)27)25(9)3/h4-7H,1-3H3,(H2,19,27). The van der Waals surface area contributed by atoms with E-state index in [0.717, 1.165) is 12.4 Å². The third kappa shape index (κ3) is 3.20. The lowest BCUT2D eigenvalue weighted by Crippen LogP contribution is -2.19. The number of aromatic nitrogens is 6. The monoisotopic (exact) mass is 380 g/mol. The molecule has 0 aliphatic heterocycles. The van der Waals surface area contributed by atoms with Crippen LogP contribution in [0.3, 0.4) is 0 Å². The van der Waals surface area contributed by atoms with Gasteiger partial charge >= 0.3 is 6.18 Å². The van der Waals surface area contributed by atoms with Gasteiger partial charge in [-0.3, -0.25) is 4.79 Å². The molecule has 3 rings (SSSR count). The van der Waals surface area contributed by atoms with Crippen molar-refractivity contribution in [3.05, 3.63) is 36.2 Å². The Balaban J connectivity index is 2.22. The van der Waals surface area contributed by atoms with Crippen molar-refractivity contribution < 1.29 is 18.0 Å². The number of alkyl halides is 3. The van der Waals surface area contributed by atoms with Crippen LogP contribution in [0, 0.1) is 0 Å². The zero-order chi connectivity index (χ0) is 19.9. The summed E-state index contributed by atoms with van der Waals surface area (Å²) in [6, 6.07) is 1.56. The molecular weight excluding hydrogens is 365 g/mol. The molecule has 142 valence electrons. The second-order valence-corrected chi connectivity index (χ2v) is 5.82. The Morgan fingerprint density at radius 3 is 2.48 bits per heavy atom. The summed E-state index contributed by atoms with van der Waals surface area (Å²) in [5.74, 6) is -0.845. The van der Waals surface area contributed by atoms with Gasteiger partial charge in [-0.05, 0) is 6.07 Å². The summed E-state index contributed by atoms with van der Waals surface area (Å²) in [5.41, 5.74) is 3.85. The first-order valence-corrected chi connectivity index (χ1v) is 7.59. The molecule has 0 aromatic carbocycles. The van der Waals surface area contributed by atoms with Crippen molar-refractivity contribution in [2.75, 3.05) is 19.0 Å². The van der Waals surface area contributed by atoms with Crippen molar-refractivity contribution in [3.63, 3.8) is 0 Å². The van der Waals surface area contributed by atoms with Crippen LogP contribution >= 0.6 is 0 Å². The molecule has 0 spiro atoms. The lowest BCUT2D eigenvalue weighted by molar-refractivity contribution is -0.142. The third-order valence-corrected chi connectivity index (χ3v) is 3.80. The summed E-state index contributed by atoms with van der Waals surface area (Å²) in [5, 5.41) is 3.82. The van der Waals surface area contributed by atoms with E-state index in [0.29, 0.717) is 10.5 Å². The maximum absolute atomic E-state index is 13.8. The largest absolute Gasteiger partial charge is 0.434 e. The van der Waals surface area contributed by atoms with Gasteiger partial charge < -0.3 is 15.2 Å². The lowest BCUT2D eigenvalue weighted by Gasteiger charge is -2.14. The number of primary amides is 1. The van der Waals surface area contributed by atoms with Gasteiger partial charge in [0.25, 0.3) is 11.9 Å². The fourth-order valence-corrected chi connectivity index (χ4v) is 2.54. The molecule has 1 amide bonds. The van der Waals surface area contributed by atoms with E-state index in [-0.39, 0.29) is 23.0 Å². The highest BCUT2D eigenvalue weighted by Crippen LogP contribution is 2.38. The fourth-order valence-electron chi connectivity index (χ4n) is 2.54. The van der Waals surface area contributed by atoms with Gasteiger partial charge in [0.15, 0.2) is 11.5 Å². The normalized spacial score (nSPS) is 11.6. The molecule has 0 atom stereocenters. The van der Waals surface area contributed by atoms with Gasteiger partial charge in [-0.1, -0.05) is 0 Å². The highest BCUT2D eigenvalue weighted by atomic mass is 19.4. The van der Waals surface area contributed by atoms with Crippen molar-refractivity contribution in [1.29, 1.82) is 0 Å². The van der Waals surface area contributed by atoms with E-state index in [1.807, 2.05) is 0 Å². The van der Waals surface area contributed by atoms with Crippen molar-refractivity contribution >= 4 is 11.7 Å². The molecule has 0 unspecified atom stereocenters. The third-order valence-electron chi connectivity index (χ3n) is 3.80. The van der Waals surface area contributed by atoms with Crippen LogP contribution in [0.15, 0.2) is 24.7 Å². The predicted molar refractivity (Wildman–Crippen MR) is 89.2 cm³/mol. The van der Waals surface area contributed by atoms with E-state index in [1.165, 1.54) is 17.8 Å². The zero-order valence-electron chi connectivity index (χ0n) is 14.6. The van der Waals surface area contributed by atoms with Gasteiger partial charge in [0.2, 0.25) is 0 Å². The number of anilines is 1. The van der Waals surface area contributed by atoms with Crippen LogP contribution in [0.2, 0.25) is 0 Å². The number of rotatable bonds is 4. The highest BCUT2D eigenvalue weighted by molar-refractivity contribution is 5.90. The molecular formula is C15H15F3N8O. The van der Waals surface area contributed by atoms with Crippen LogP contribution in [0.5, 0.6) is 0 Å². The molecule has 0 fully saturated rings. The Morgan fingerprint density at radius 2 is 1.93 bits per heavy atom. The van der Waals surface area contributed by atoms with Gasteiger partial charge in [0.05, 0.1) is 23.7 Å². The van der Waals surface area contributed by atoms with Crippen molar-refractivity contribution in [1.82, 2.24) is 29.3 Å². The first kappa shape index (κ1) is 18.4. The van der Waals surface area contributed by atoms with Crippen LogP contribution in [0.1, 0.15) is 16.3 Å². The summed E-state index contributed by atoms with van der Waals surface area (Å²) >= 11 is 0. The average Bonchev–Trinajstić information content (AvgIpc) is 3.18. The van der Waals surface area contributed by atoms with Gasteiger partial charge in [-0.25, -0.2) is 9.97 Å². The van der Waals surface area contributed by atoms with Crippen LogP contribution in [-0.4, -0.2) is 49.3 Å². The Labute approximate surface area is 151 Å². The number of hydrogen-bond acceptors (Lipinski definition) is 6. The van der Waals surface area contributed by atoms with Crippen LogP contribution in [0.4, 0.5) is 19.0 Å². The minimum Gasteiger partial charge on any atom is -0.363 e. The molecule has 0 aliphatic carbocycles. The van der Waals surface area contributed by atoms with E-state index < -0.39 is 17.8 Å². The zero-order valence-corrected chi connectivity index (χ0v) is 14.6. The first-order valence-electron chi connectivity index (χ1n) is 7.59. The van der Waals surface area contributed by atoms with E-state index in [1.54, 1.807) is 25.1 Å². The smallest absolute Gasteiger partial charge is 0.363 e. The number of carbonyl (C=O) groups is 1. The topological polar surface area (TPSA) is 108 Å². The Kier molecular flexibility index (Phi) is 4.33. The number of carbonyl (C=O) groups excluding carboxylic acids is 1. The molecule has 0 aliphatic rings. The van der Waals surface area contributed by atoms with Gasteiger partial charge in [0.1, 0.15) is 5.82 Å². The van der Waals surface area contributed by atoms with E-state index in [2.05, 4.69) is 20.1 Å². The summed E-state index contributed by atoms with van der Waals surface area (Å²) in [4.78, 5) is 24.7. The minimum atomic E-state index is -4.76. The fraction of sp³-hybridized carbons (Fsp3) is 0.267. The Morgan fingerprint density at radius 1 is 1.22 bits per heavy atom. The first-order chi connectivity index (χ1) is 12.6. The Hall–Kier alpha value is -3.44. The van der Waals surface area contributed by atoms with Crippen LogP contribution < -0.4 is 10.6 Å². The molecule has 0 saturated heterocycles. The summed E-state index contributed by atoms with van der Waals surface area (Å²) in [6.45, 7) is 0. The number of imidazole rings is 1. The van der Waals surface area contributed by atoms with Crippen molar-refractivity contribution in [2.45, 2.75) is 6.18 Å². The van der Waals surface area contributed by atoms with Crippen molar-refractivity contribution in [2.24, 2.45) is 12.8 Å². The molecule has 0 saturated carbocycles. The molecule has 12 heteroatoms. The quantitative estimate of drug-likeness (QED) is 0.730. The minimum absolute atomic E-state index is 0.0335. The van der Waals surface area contributed by atoms with Crippen LogP contribution in [0.25, 0.3) is 17.2 Å². The molecule has 0 bridgehead atoms. The molecule has 3 aromatic rings. The second-order valence-electron chi connectivity index (χ2n) is 5.82. The highest BCUT2D eigenvalue weighted by Gasteiger charge is 2.40. The summed E-state index contributed by atoms with van der Waals surface area (Å²) in [6.07, 6.45) is -1.26. The van der Waals surface area contributed by atoms with Gasteiger partial charge in [0, 0.05) is 27.3 Å². The van der Waals surface area contributed by atoms with E-state index in [9.17, 15) is 18.0 Å². The number of halogens is 3. The Bertz CT molecular complexity index is 1000. The van der Waals surface area contributed by atoms with Gasteiger partial charge in [-0.15, -0.1) is 0 Å². The summed E-state index contributed by atoms with van der Waals surface area (Å²) < 4.78 is 43.3. The average molecular weight is 380 g/mol. The number of hydrogen-bond donors (Lipinski definition) is 1. The molecule has 9 nitrogen and oxygen atoms in total.